The van der Waals surface area contributed by atoms with Crippen molar-refractivity contribution in [3.05, 3.63) is 60.2 Å². The average molecular weight is 310 g/mol. The first-order chi connectivity index (χ1) is 11.0. The molecule has 0 saturated heterocycles. The van der Waals surface area contributed by atoms with Crippen molar-refractivity contribution in [2.24, 2.45) is 11.7 Å². The number of benzene rings is 2. The van der Waals surface area contributed by atoms with Crippen molar-refractivity contribution in [3.8, 4) is 11.1 Å². The number of hydrogen-bond acceptors (Lipinski definition) is 2. The van der Waals surface area contributed by atoms with Crippen LogP contribution in [0.5, 0.6) is 0 Å². The minimum Gasteiger partial charge on any atom is -0.342 e. The quantitative estimate of drug-likeness (QED) is 0.882. The predicted octanol–water partition coefficient (Wildman–Crippen LogP) is 3.80. The number of rotatable bonds is 6. The van der Waals surface area contributed by atoms with Crippen LogP contribution in [0, 0.1) is 5.92 Å². The van der Waals surface area contributed by atoms with Crippen molar-refractivity contribution < 1.29 is 4.79 Å². The van der Waals surface area contributed by atoms with Crippen LogP contribution in [0.3, 0.4) is 0 Å². The lowest BCUT2D eigenvalue weighted by molar-refractivity contribution is 0.0789. The van der Waals surface area contributed by atoms with Gasteiger partial charge in [0, 0.05) is 25.2 Å². The van der Waals surface area contributed by atoms with E-state index in [1.54, 1.807) is 4.90 Å². The fourth-order valence-electron chi connectivity index (χ4n) is 2.43. The molecule has 3 nitrogen and oxygen atoms in total. The molecular formula is C20H26N2O. The Labute approximate surface area is 139 Å². The lowest BCUT2D eigenvalue weighted by Crippen LogP contribution is -2.34. The first kappa shape index (κ1) is 17.2. The van der Waals surface area contributed by atoms with Crippen LogP contribution in [0.15, 0.2) is 54.6 Å². The van der Waals surface area contributed by atoms with Crippen LogP contribution in [-0.2, 0) is 0 Å². The van der Waals surface area contributed by atoms with Crippen LogP contribution >= 0.6 is 0 Å². The van der Waals surface area contributed by atoms with Crippen molar-refractivity contribution in [3.63, 3.8) is 0 Å². The number of carbonyl (C=O) groups excluding carboxylic acids is 1. The molecule has 2 aromatic carbocycles. The molecule has 0 heterocycles. The van der Waals surface area contributed by atoms with Crippen LogP contribution < -0.4 is 5.73 Å². The Bertz CT molecular complexity index is 620. The fourth-order valence-corrected chi connectivity index (χ4v) is 2.43. The van der Waals surface area contributed by atoms with Crippen molar-refractivity contribution in [2.45, 2.75) is 26.3 Å². The summed E-state index contributed by atoms with van der Waals surface area (Å²) in [6, 6.07) is 18.1. The number of amides is 1. The van der Waals surface area contributed by atoms with E-state index in [1.807, 2.05) is 49.5 Å². The summed E-state index contributed by atoms with van der Waals surface area (Å²) < 4.78 is 0. The van der Waals surface area contributed by atoms with E-state index in [0.29, 0.717) is 18.0 Å². The molecule has 122 valence electrons. The maximum atomic E-state index is 12.5. The van der Waals surface area contributed by atoms with Crippen LogP contribution in [0.2, 0.25) is 0 Å². The van der Waals surface area contributed by atoms with Gasteiger partial charge in [-0.25, -0.2) is 0 Å². The Balaban J connectivity index is 2.00. The Morgan fingerprint density at radius 2 is 1.57 bits per heavy atom. The van der Waals surface area contributed by atoms with Gasteiger partial charge in [-0.1, -0.05) is 56.3 Å². The number of carbonyl (C=O) groups is 1. The summed E-state index contributed by atoms with van der Waals surface area (Å²) in [6.45, 7) is 4.89. The number of nitrogens with two attached hydrogens (primary N) is 1. The van der Waals surface area contributed by atoms with Gasteiger partial charge in [-0.3, -0.25) is 4.79 Å². The SMILES string of the molecule is CC(C)C(N)CCN(C)C(=O)c1ccc(-c2ccccc2)cc1. The van der Waals surface area contributed by atoms with Gasteiger partial charge < -0.3 is 10.6 Å². The minimum absolute atomic E-state index is 0.0422. The van der Waals surface area contributed by atoms with Gasteiger partial charge >= 0.3 is 0 Å². The lowest BCUT2D eigenvalue weighted by Gasteiger charge is -2.21. The predicted molar refractivity (Wildman–Crippen MR) is 96.3 cm³/mol. The second-order valence-corrected chi connectivity index (χ2v) is 6.37. The highest BCUT2D eigenvalue weighted by Gasteiger charge is 2.14. The van der Waals surface area contributed by atoms with Crippen LogP contribution in [0.4, 0.5) is 0 Å². The van der Waals surface area contributed by atoms with E-state index < -0.39 is 0 Å². The summed E-state index contributed by atoms with van der Waals surface area (Å²) in [5.74, 6) is 0.476. The molecule has 1 amide bonds. The Morgan fingerprint density at radius 1 is 1.00 bits per heavy atom. The van der Waals surface area contributed by atoms with E-state index in [4.69, 9.17) is 5.73 Å². The standard InChI is InChI=1S/C20H26N2O/c1-15(2)19(21)13-14-22(3)20(23)18-11-9-17(10-12-18)16-7-5-4-6-8-16/h4-12,15,19H,13-14,21H2,1-3H3. The molecule has 0 bridgehead atoms. The fraction of sp³-hybridized carbons (Fsp3) is 0.350. The summed E-state index contributed by atoms with van der Waals surface area (Å²) in [4.78, 5) is 14.2. The first-order valence-corrected chi connectivity index (χ1v) is 8.15. The van der Waals surface area contributed by atoms with E-state index in [-0.39, 0.29) is 11.9 Å². The summed E-state index contributed by atoms with van der Waals surface area (Å²) in [5, 5.41) is 0. The molecule has 0 radical (unpaired) electrons. The summed E-state index contributed by atoms with van der Waals surface area (Å²) in [7, 11) is 1.83. The zero-order chi connectivity index (χ0) is 16.8. The van der Waals surface area contributed by atoms with Crippen molar-refractivity contribution >= 4 is 5.91 Å². The largest absolute Gasteiger partial charge is 0.342 e. The first-order valence-electron chi connectivity index (χ1n) is 8.15. The number of nitrogens with zero attached hydrogens (tertiary/aromatic N) is 1. The Hall–Kier alpha value is -2.13. The second-order valence-electron chi connectivity index (χ2n) is 6.37. The van der Waals surface area contributed by atoms with E-state index in [0.717, 1.165) is 17.5 Å². The Morgan fingerprint density at radius 3 is 2.13 bits per heavy atom. The van der Waals surface area contributed by atoms with Crippen LogP contribution in [-0.4, -0.2) is 30.4 Å². The normalized spacial score (nSPS) is 12.2. The third kappa shape index (κ3) is 4.67. The topological polar surface area (TPSA) is 46.3 Å². The van der Waals surface area contributed by atoms with Gasteiger partial charge in [-0.15, -0.1) is 0 Å². The molecule has 0 aliphatic rings. The molecule has 1 unspecified atom stereocenters. The van der Waals surface area contributed by atoms with Gasteiger partial charge in [0.05, 0.1) is 0 Å². The van der Waals surface area contributed by atoms with Gasteiger partial charge in [0.2, 0.25) is 0 Å². The van der Waals surface area contributed by atoms with Gasteiger partial charge in [-0.05, 0) is 35.6 Å². The smallest absolute Gasteiger partial charge is 0.253 e. The highest BCUT2D eigenvalue weighted by Crippen LogP contribution is 2.19. The maximum Gasteiger partial charge on any atom is 0.253 e. The van der Waals surface area contributed by atoms with Crippen LogP contribution in [0.25, 0.3) is 11.1 Å². The molecule has 0 spiro atoms. The van der Waals surface area contributed by atoms with E-state index in [2.05, 4.69) is 26.0 Å². The van der Waals surface area contributed by atoms with Crippen LogP contribution in [0.1, 0.15) is 30.6 Å². The highest BCUT2D eigenvalue weighted by molar-refractivity contribution is 5.94. The van der Waals surface area contributed by atoms with Crippen molar-refractivity contribution in [2.75, 3.05) is 13.6 Å². The molecular weight excluding hydrogens is 284 g/mol. The molecule has 23 heavy (non-hydrogen) atoms. The maximum absolute atomic E-state index is 12.5. The zero-order valence-corrected chi connectivity index (χ0v) is 14.2. The van der Waals surface area contributed by atoms with Crippen molar-refractivity contribution in [1.82, 2.24) is 4.90 Å². The summed E-state index contributed by atoms with van der Waals surface area (Å²) in [5.41, 5.74) is 9.04. The molecule has 2 aromatic rings. The molecule has 0 saturated carbocycles. The second kappa shape index (κ2) is 7.93. The molecule has 0 fully saturated rings. The average Bonchev–Trinajstić information content (AvgIpc) is 2.59. The third-order valence-electron chi connectivity index (χ3n) is 4.24. The molecule has 0 aromatic heterocycles. The van der Waals surface area contributed by atoms with Gasteiger partial charge in [0.1, 0.15) is 0 Å². The van der Waals surface area contributed by atoms with Gasteiger partial charge in [0.15, 0.2) is 0 Å². The molecule has 3 heteroatoms. The van der Waals surface area contributed by atoms with E-state index >= 15 is 0 Å². The lowest BCUT2D eigenvalue weighted by atomic mass is 10.0. The highest BCUT2D eigenvalue weighted by atomic mass is 16.2. The molecule has 1 atom stereocenters. The minimum atomic E-state index is 0.0422. The van der Waals surface area contributed by atoms with E-state index in [1.165, 1.54) is 0 Å². The number of hydrogen-bond donors (Lipinski definition) is 1. The van der Waals surface area contributed by atoms with Gasteiger partial charge in [0.25, 0.3) is 5.91 Å². The van der Waals surface area contributed by atoms with E-state index in [9.17, 15) is 4.79 Å². The summed E-state index contributed by atoms with van der Waals surface area (Å²) >= 11 is 0. The molecule has 2 N–H and O–H groups in total. The third-order valence-corrected chi connectivity index (χ3v) is 4.24. The monoisotopic (exact) mass is 310 g/mol. The van der Waals surface area contributed by atoms with Crippen molar-refractivity contribution in [1.29, 1.82) is 0 Å². The molecule has 0 aliphatic carbocycles. The molecule has 0 aliphatic heterocycles. The summed E-state index contributed by atoms with van der Waals surface area (Å²) in [6.07, 6.45) is 0.821. The molecule has 2 rings (SSSR count). The van der Waals surface area contributed by atoms with Gasteiger partial charge in [-0.2, -0.15) is 0 Å². The Kier molecular flexibility index (Phi) is 5.94. The zero-order valence-electron chi connectivity index (χ0n) is 14.2.